The van der Waals surface area contributed by atoms with E-state index in [1.807, 2.05) is 24.4 Å². The van der Waals surface area contributed by atoms with Crippen LogP contribution in [0.4, 0.5) is 0 Å². The summed E-state index contributed by atoms with van der Waals surface area (Å²) >= 11 is 3.12. The summed E-state index contributed by atoms with van der Waals surface area (Å²) in [5.41, 5.74) is 0.805. The molecule has 0 saturated heterocycles. The van der Waals surface area contributed by atoms with Crippen molar-refractivity contribution in [3.05, 3.63) is 28.1 Å². The fourth-order valence-electron chi connectivity index (χ4n) is 2.95. The summed E-state index contributed by atoms with van der Waals surface area (Å²) in [6, 6.07) is 4.04. The molecule has 1 amide bonds. The molecule has 1 fully saturated rings. The first-order chi connectivity index (χ1) is 11.7. The molecule has 1 saturated carbocycles. The lowest BCUT2D eigenvalue weighted by Gasteiger charge is -2.21. The minimum Gasteiger partial charge on any atom is -0.378 e. The van der Waals surface area contributed by atoms with Gasteiger partial charge in [0.1, 0.15) is 9.88 Å². The van der Waals surface area contributed by atoms with Gasteiger partial charge in [0.15, 0.2) is 0 Å². The normalized spacial score (nSPS) is 15.5. The fourth-order valence-corrected chi connectivity index (χ4v) is 4.73. The van der Waals surface area contributed by atoms with Crippen molar-refractivity contribution in [3.8, 4) is 9.88 Å². The average molecular weight is 365 g/mol. The van der Waals surface area contributed by atoms with Crippen LogP contribution in [0, 0.1) is 6.92 Å². The second-order valence-electron chi connectivity index (χ2n) is 6.15. The third-order valence-electron chi connectivity index (χ3n) is 4.25. The molecule has 130 valence electrons. The van der Waals surface area contributed by atoms with Gasteiger partial charge in [-0.05, 0) is 37.6 Å². The van der Waals surface area contributed by atoms with Crippen molar-refractivity contribution >= 4 is 28.6 Å². The number of thiazole rings is 1. The number of rotatable bonds is 7. The van der Waals surface area contributed by atoms with E-state index in [2.05, 4.69) is 10.3 Å². The first-order valence-corrected chi connectivity index (χ1v) is 10.3. The summed E-state index contributed by atoms with van der Waals surface area (Å²) < 4.78 is 5.89. The summed E-state index contributed by atoms with van der Waals surface area (Å²) in [5, 5.41) is 5.94. The highest BCUT2D eigenvalue weighted by atomic mass is 32.1. The molecular formula is C18H24N2O2S2. The van der Waals surface area contributed by atoms with Gasteiger partial charge in [-0.3, -0.25) is 4.79 Å². The van der Waals surface area contributed by atoms with Crippen LogP contribution < -0.4 is 5.32 Å². The Bertz CT molecular complexity index is 646. The van der Waals surface area contributed by atoms with Crippen molar-refractivity contribution in [1.82, 2.24) is 10.3 Å². The van der Waals surface area contributed by atoms with Gasteiger partial charge in [-0.25, -0.2) is 4.98 Å². The molecule has 0 bridgehead atoms. The van der Waals surface area contributed by atoms with E-state index in [-0.39, 0.29) is 5.91 Å². The molecule has 2 heterocycles. The molecule has 1 N–H and O–H groups in total. The van der Waals surface area contributed by atoms with E-state index >= 15 is 0 Å². The van der Waals surface area contributed by atoms with Crippen molar-refractivity contribution in [2.45, 2.75) is 51.6 Å². The number of aromatic nitrogens is 1. The van der Waals surface area contributed by atoms with Crippen LogP contribution in [0.15, 0.2) is 17.5 Å². The predicted molar refractivity (Wildman–Crippen MR) is 99.9 cm³/mol. The largest absolute Gasteiger partial charge is 0.378 e. The Morgan fingerprint density at radius 1 is 1.38 bits per heavy atom. The van der Waals surface area contributed by atoms with Gasteiger partial charge in [0, 0.05) is 13.2 Å². The Labute approximate surface area is 151 Å². The number of hydrogen-bond donors (Lipinski definition) is 1. The van der Waals surface area contributed by atoms with Gasteiger partial charge in [0.05, 0.1) is 16.7 Å². The Hall–Kier alpha value is -1.24. The first-order valence-electron chi connectivity index (χ1n) is 8.65. The van der Waals surface area contributed by atoms with Gasteiger partial charge in [-0.1, -0.05) is 25.3 Å². The standard InChI is InChI=1S/C18H24N2O2S2/c1-13-16(24-18(20-13)15-9-5-12-23-15)17(21)19-10-6-11-22-14-7-3-2-4-8-14/h5,9,12,14H,2-4,6-8,10-11H2,1H3,(H,19,21). The zero-order valence-electron chi connectivity index (χ0n) is 14.0. The maximum Gasteiger partial charge on any atom is 0.263 e. The van der Waals surface area contributed by atoms with E-state index in [1.54, 1.807) is 11.3 Å². The third kappa shape index (κ3) is 4.65. The summed E-state index contributed by atoms with van der Waals surface area (Å²) in [4.78, 5) is 18.7. The minimum absolute atomic E-state index is 0.0227. The number of amides is 1. The van der Waals surface area contributed by atoms with Crippen molar-refractivity contribution in [2.24, 2.45) is 0 Å². The first kappa shape index (κ1) is 17.6. The second-order valence-corrected chi connectivity index (χ2v) is 8.10. The van der Waals surface area contributed by atoms with Crippen LogP contribution in [0.25, 0.3) is 9.88 Å². The fraction of sp³-hybridized carbons (Fsp3) is 0.556. The van der Waals surface area contributed by atoms with Gasteiger partial charge in [0.2, 0.25) is 0 Å². The maximum atomic E-state index is 12.3. The van der Waals surface area contributed by atoms with Crippen molar-refractivity contribution in [2.75, 3.05) is 13.2 Å². The molecule has 6 heteroatoms. The molecular weight excluding hydrogens is 340 g/mol. The molecule has 4 nitrogen and oxygen atoms in total. The van der Waals surface area contributed by atoms with Crippen LogP contribution in [0.1, 0.15) is 53.9 Å². The van der Waals surface area contributed by atoms with Gasteiger partial charge in [-0.2, -0.15) is 0 Å². The van der Waals surface area contributed by atoms with Crippen molar-refractivity contribution in [1.29, 1.82) is 0 Å². The number of hydrogen-bond acceptors (Lipinski definition) is 5. The zero-order valence-corrected chi connectivity index (χ0v) is 15.7. The number of thiophene rings is 1. The Morgan fingerprint density at radius 3 is 2.96 bits per heavy atom. The highest BCUT2D eigenvalue weighted by Crippen LogP contribution is 2.30. The topological polar surface area (TPSA) is 51.2 Å². The predicted octanol–water partition coefficient (Wildman–Crippen LogP) is 4.65. The van der Waals surface area contributed by atoms with E-state index in [0.29, 0.717) is 17.5 Å². The lowest BCUT2D eigenvalue weighted by atomic mass is 9.98. The molecule has 0 radical (unpaired) electrons. The van der Waals surface area contributed by atoms with E-state index in [1.165, 1.54) is 43.4 Å². The monoisotopic (exact) mass is 364 g/mol. The highest BCUT2D eigenvalue weighted by Gasteiger charge is 2.16. The maximum absolute atomic E-state index is 12.3. The van der Waals surface area contributed by atoms with Crippen molar-refractivity contribution < 1.29 is 9.53 Å². The SMILES string of the molecule is Cc1nc(-c2cccs2)sc1C(=O)NCCCOC1CCCCC1. The second kappa shape index (κ2) is 8.74. The van der Waals surface area contributed by atoms with E-state index in [4.69, 9.17) is 4.74 Å². The summed E-state index contributed by atoms with van der Waals surface area (Å²) in [6.07, 6.45) is 7.61. The van der Waals surface area contributed by atoms with Gasteiger partial charge >= 0.3 is 0 Å². The van der Waals surface area contributed by atoms with Crippen LogP contribution in [0.3, 0.4) is 0 Å². The zero-order chi connectivity index (χ0) is 16.8. The number of carbonyl (C=O) groups excluding carboxylic acids is 1. The summed E-state index contributed by atoms with van der Waals surface area (Å²) in [5.74, 6) is -0.0227. The van der Waals surface area contributed by atoms with Crippen LogP contribution >= 0.6 is 22.7 Å². The molecule has 0 aliphatic heterocycles. The number of nitrogens with zero attached hydrogens (tertiary/aromatic N) is 1. The lowest BCUT2D eigenvalue weighted by molar-refractivity contribution is 0.0273. The number of ether oxygens (including phenoxy) is 1. The molecule has 3 rings (SSSR count). The summed E-state index contributed by atoms with van der Waals surface area (Å²) in [7, 11) is 0. The number of carbonyl (C=O) groups is 1. The molecule has 0 aromatic carbocycles. The Morgan fingerprint density at radius 2 is 2.21 bits per heavy atom. The van der Waals surface area contributed by atoms with Crippen LogP contribution in [0.5, 0.6) is 0 Å². The van der Waals surface area contributed by atoms with Gasteiger partial charge in [0.25, 0.3) is 5.91 Å². The highest BCUT2D eigenvalue weighted by molar-refractivity contribution is 7.22. The van der Waals surface area contributed by atoms with Crippen LogP contribution in [0.2, 0.25) is 0 Å². The average Bonchev–Trinajstić information content (AvgIpc) is 3.24. The van der Waals surface area contributed by atoms with Crippen LogP contribution in [-0.4, -0.2) is 30.1 Å². The molecule has 24 heavy (non-hydrogen) atoms. The molecule has 1 aliphatic rings. The number of aryl methyl sites for hydroxylation is 1. The quantitative estimate of drug-likeness (QED) is 0.728. The number of nitrogens with one attached hydrogen (secondary N) is 1. The van der Waals surface area contributed by atoms with E-state index in [0.717, 1.165) is 28.6 Å². The molecule has 2 aromatic heterocycles. The van der Waals surface area contributed by atoms with E-state index in [9.17, 15) is 4.79 Å². The lowest BCUT2D eigenvalue weighted by Crippen LogP contribution is -2.26. The molecule has 0 spiro atoms. The smallest absolute Gasteiger partial charge is 0.263 e. The summed E-state index contributed by atoms with van der Waals surface area (Å²) in [6.45, 7) is 3.28. The van der Waals surface area contributed by atoms with E-state index < -0.39 is 0 Å². The third-order valence-corrected chi connectivity index (χ3v) is 6.44. The van der Waals surface area contributed by atoms with Crippen LogP contribution in [-0.2, 0) is 4.74 Å². The molecule has 0 atom stereocenters. The Kier molecular flexibility index (Phi) is 6.40. The molecule has 0 unspecified atom stereocenters. The molecule has 1 aliphatic carbocycles. The minimum atomic E-state index is -0.0227. The van der Waals surface area contributed by atoms with Gasteiger partial charge < -0.3 is 10.1 Å². The Balaban J connectivity index is 1.42. The van der Waals surface area contributed by atoms with Crippen molar-refractivity contribution in [3.63, 3.8) is 0 Å². The van der Waals surface area contributed by atoms with Gasteiger partial charge in [-0.15, -0.1) is 22.7 Å². The molecule has 2 aromatic rings.